The highest BCUT2D eigenvalue weighted by molar-refractivity contribution is 7.89. The lowest BCUT2D eigenvalue weighted by atomic mass is 10.2. The molecule has 0 bridgehead atoms. The number of hydrogen-bond acceptors (Lipinski definition) is 3. The monoisotopic (exact) mass is 307 g/mol. The average molecular weight is 307 g/mol. The molecule has 0 aliphatic heterocycles. The first kappa shape index (κ1) is 14.7. The van der Waals surface area contributed by atoms with Crippen molar-refractivity contribution in [2.75, 3.05) is 0 Å². The van der Waals surface area contributed by atoms with E-state index >= 15 is 0 Å². The Morgan fingerprint density at radius 1 is 1.00 bits per heavy atom. The minimum atomic E-state index is -3.44. The van der Waals surface area contributed by atoms with Crippen molar-refractivity contribution in [3.8, 4) is 0 Å². The number of nitrogens with zero attached hydrogens (tertiary/aromatic N) is 1. The van der Waals surface area contributed by atoms with Gasteiger partial charge < -0.3 is 0 Å². The van der Waals surface area contributed by atoms with E-state index in [-0.39, 0.29) is 17.9 Å². The molecular formula is C16H21NO3S. The zero-order valence-corrected chi connectivity index (χ0v) is 13.1. The van der Waals surface area contributed by atoms with Crippen molar-refractivity contribution < 1.29 is 13.2 Å². The fourth-order valence-electron chi connectivity index (χ4n) is 3.16. The molecule has 0 unspecified atom stereocenters. The lowest BCUT2D eigenvalue weighted by Crippen LogP contribution is -2.40. The van der Waals surface area contributed by atoms with E-state index in [1.165, 1.54) is 6.92 Å². The lowest BCUT2D eigenvalue weighted by Gasteiger charge is -2.28. The highest BCUT2D eigenvalue weighted by Crippen LogP contribution is 2.38. The van der Waals surface area contributed by atoms with Crippen LogP contribution in [0.15, 0.2) is 29.2 Å². The summed E-state index contributed by atoms with van der Waals surface area (Å²) < 4.78 is 27.6. The molecule has 114 valence electrons. The SMILES string of the molecule is CC(=O)c1ccc(S(=O)(=O)N(C2CCCC2)C2CC2)cc1. The van der Waals surface area contributed by atoms with E-state index in [0.717, 1.165) is 38.5 Å². The molecule has 0 saturated heterocycles. The Hall–Kier alpha value is -1.20. The summed E-state index contributed by atoms with van der Waals surface area (Å²) in [6, 6.07) is 6.69. The van der Waals surface area contributed by atoms with Crippen LogP contribution in [-0.4, -0.2) is 30.6 Å². The van der Waals surface area contributed by atoms with Crippen molar-refractivity contribution in [1.29, 1.82) is 0 Å². The van der Waals surface area contributed by atoms with Gasteiger partial charge in [0.1, 0.15) is 0 Å². The first-order valence-corrected chi connectivity index (χ1v) is 9.08. The third-order valence-corrected chi connectivity index (χ3v) is 6.45. The summed E-state index contributed by atoms with van der Waals surface area (Å²) in [7, 11) is -3.44. The van der Waals surface area contributed by atoms with Crippen LogP contribution in [0.4, 0.5) is 0 Å². The molecule has 0 heterocycles. The van der Waals surface area contributed by atoms with Gasteiger partial charge in [0, 0.05) is 17.6 Å². The van der Waals surface area contributed by atoms with Crippen molar-refractivity contribution in [2.24, 2.45) is 0 Å². The molecule has 2 aliphatic rings. The van der Waals surface area contributed by atoms with Crippen LogP contribution in [0.1, 0.15) is 55.8 Å². The summed E-state index contributed by atoms with van der Waals surface area (Å²) in [6.07, 6.45) is 6.13. The third-order valence-electron chi connectivity index (χ3n) is 4.43. The normalized spacial score (nSPS) is 20.1. The molecule has 1 aromatic carbocycles. The molecule has 3 rings (SSSR count). The highest BCUT2D eigenvalue weighted by Gasteiger charge is 2.43. The molecule has 21 heavy (non-hydrogen) atoms. The predicted molar refractivity (Wildman–Crippen MR) is 80.7 cm³/mol. The molecule has 0 radical (unpaired) electrons. The Labute approximate surface area is 126 Å². The summed E-state index contributed by atoms with van der Waals surface area (Å²) in [6.45, 7) is 1.48. The number of hydrogen-bond donors (Lipinski definition) is 0. The molecule has 0 atom stereocenters. The Morgan fingerprint density at radius 3 is 2.00 bits per heavy atom. The molecule has 5 heteroatoms. The standard InChI is InChI=1S/C16H21NO3S/c1-12(18)13-6-10-16(11-7-13)21(19,20)17(15-8-9-15)14-4-2-3-5-14/h6-7,10-11,14-15H,2-5,8-9H2,1H3. The Kier molecular flexibility index (Phi) is 3.88. The van der Waals surface area contributed by atoms with Gasteiger partial charge in [0.05, 0.1) is 4.90 Å². The average Bonchev–Trinajstić information content (AvgIpc) is 3.13. The van der Waals surface area contributed by atoms with E-state index in [1.54, 1.807) is 28.6 Å². The van der Waals surface area contributed by atoms with E-state index in [0.29, 0.717) is 10.5 Å². The van der Waals surface area contributed by atoms with Crippen LogP contribution >= 0.6 is 0 Å². The molecule has 4 nitrogen and oxygen atoms in total. The summed E-state index contributed by atoms with van der Waals surface area (Å²) in [4.78, 5) is 11.6. The largest absolute Gasteiger partial charge is 0.295 e. The number of ketones is 1. The Morgan fingerprint density at radius 2 is 1.52 bits per heavy atom. The van der Waals surface area contributed by atoms with Gasteiger partial charge in [-0.2, -0.15) is 4.31 Å². The van der Waals surface area contributed by atoms with Gasteiger partial charge in [-0.05, 0) is 44.7 Å². The van der Waals surface area contributed by atoms with Gasteiger partial charge in [0.25, 0.3) is 0 Å². The third kappa shape index (κ3) is 2.90. The molecule has 2 saturated carbocycles. The van der Waals surface area contributed by atoms with Crippen molar-refractivity contribution in [3.63, 3.8) is 0 Å². The molecule has 1 aromatic rings. The zero-order chi connectivity index (χ0) is 15.0. The predicted octanol–water partition coefficient (Wildman–Crippen LogP) is 2.98. The second-order valence-corrected chi connectivity index (χ2v) is 7.93. The van der Waals surface area contributed by atoms with Gasteiger partial charge in [-0.3, -0.25) is 4.79 Å². The maximum Gasteiger partial charge on any atom is 0.243 e. The fourth-order valence-corrected chi connectivity index (χ4v) is 5.09. The minimum Gasteiger partial charge on any atom is -0.295 e. The quantitative estimate of drug-likeness (QED) is 0.786. The van der Waals surface area contributed by atoms with Crippen LogP contribution in [-0.2, 0) is 10.0 Å². The molecule has 0 spiro atoms. The van der Waals surface area contributed by atoms with Crippen molar-refractivity contribution in [2.45, 2.75) is 62.4 Å². The van der Waals surface area contributed by atoms with Gasteiger partial charge in [0.2, 0.25) is 10.0 Å². The maximum absolute atomic E-state index is 12.9. The molecule has 2 fully saturated rings. The van der Waals surface area contributed by atoms with E-state index in [9.17, 15) is 13.2 Å². The molecule has 2 aliphatic carbocycles. The van der Waals surface area contributed by atoms with Crippen molar-refractivity contribution in [3.05, 3.63) is 29.8 Å². The van der Waals surface area contributed by atoms with Crippen LogP contribution in [0.2, 0.25) is 0 Å². The Balaban J connectivity index is 1.91. The Bertz CT molecular complexity index is 626. The molecule has 0 aromatic heterocycles. The topological polar surface area (TPSA) is 54.5 Å². The number of rotatable bonds is 5. The maximum atomic E-state index is 12.9. The van der Waals surface area contributed by atoms with Crippen LogP contribution in [0.3, 0.4) is 0 Å². The summed E-state index contributed by atoms with van der Waals surface area (Å²) in [5.74, 6) is -0.0474. The van der Waals surface area contributed by atoms with Gasteiger partial charge in [-0.15, -0.1) is 0 Å². The van der Waals surface area contributed by atoms with Crippen LogP contribution < -0.4 is 0 Å². The van der Waals surface area contributed by atoms with Crippen LogP contribution in [0.25, 0.3) is 0 Å². The van der Waals surface area contributed by atoms with Crippen LogP contribution in [0, 0.1) is 0 Å². The van der Waals surface area contributed by atoms with Crippen LogP contribution in [0.5, 0.6) is 0 Å². The smallest absolute Gasteiger partial charge is 0.243 e. The highest BCUT2D eigenvalue weighted by atomic mass is 32.2. The number of sulfonamides is 1. The van der Waals surface area contributed by atoms with Gasteiger partial charge >= 0.3 is 0 Å². The van der Waals surface area contributed by atoms with Gasteiger partial charge in [-0.25, -0.2) is 8.42 Å². The minimum absolute atomic E-state index is 0.0474. The lowest BCUT2D eigenvalue weighted by molar-refractivity contribution is 0.101. The summed E-state index contributed by atoms with van der Waals surface area (Å²) >= 11 is 0. The molecular weight excluding hydrogens is 286 g/mol. The number of carbonyl (C=O) groups excluding carboxylic acids is 1. The van der Waals surface area contributed by atoms with Gasteiger partial charge in [0.15, 0.2) is 5.78 Å². The molecule has 0 amide bonds. The second kappa shape index (κ2) is 5.54. The van der Waals surface area contributed by atoms with Crippen molar-refractivity contribution >= 4 is 15.8 Å². The van der Waals surface area contributed by atoms with E-state index < -0.39 is 10.0 Å². The summed E-state index contributed by atoms with van der Waals surface area (Å²) in [5.41, 5.74) is 0.549. The van der Waals surface area contributed by atoms with E-state index in [4.69, 9.17) is 0 Å². The number of Topliss-reactive ketones (excluding diaryl/α,β-unsaturated/α-hetero) is 1. The number of carbonyl (C=O) groups is 1. The number of benzene rings is 1. The van der Waals surface area contributed by atoms with Crippen molar-refractivity contribution in [1.82, 2.24) is 4.31 Å². The second-order valence-electron chi connectivity index (χ2n) is 6.08. The van der Waals surface area contributed by atoms with E-state index in [2.05, 4.69) is 0 Å². The first-order chi connectivity index (χ1) is 10.00. The first-order valence-electron chi connectivity index (χ1n) is 7.64. The zero-order valence-electron chi connectivity index (χ0n) is 12.3. The van der Waals surface area contributed by atoms with Gasteiger partial charge in [-0.1, -0.05) is 25.0 Å². The van der Waals surface area contributed by atoms with E-state index in [1.807, 2.05) is 0 Å². The summed E-state index contributed by atoms with van der Waals surface area (Å²) in [5, 5.41) is 0. The molecule has 0 N–H and O–H groups in total. The fraction of sp³-hybridized carbons (Fsp3) is 0.562.